The Kier molecular flexibility index (Phi) is 5.08. The zero-order chi connectivity index (χ0) is 18.7. The Balaban J connectivity index is 1.71. The van der Waals surface area contributed by atoms with Crippen molar-refractivity contribution in [2.45, 2.75) is 20.0 Å². The average molecular weight is 375 g/mol. The van der Waals surface area contributed by atoms with Crippen molar-refractivity contribution in [3.8, 4) is 11.3 Å². The van der Waals surface area contributed by atoms with E-state index in [1.54, 1.807) is 6.07 Å². The maximum atomic E-state index is 12.7. The Morgan fingerprint density at radius 2 is 1.92 bits per heavy atom. The molecule has 1 N–H and O–H groups in total. The summed E-state index contributed by atoms with van der Waals surface area (Å²) < 4.78 is 38.1. The van der Waals surface area contributed by atoms with Gasteiger partial charge >= 0.3 is 6.18 Å². The molecule has 1 aromatic heterocycles. The van der Waals surface area contributed by atoms with Gasteiger partial charge in [-0.25, -0.2) is 4.98 Å². The summed E-state index contributed by atoms with van der Waals surface area (Å²) >= 11 is 1.38. The highest BCUT2D eigenvalue weighted by atomic mass is 32.1. The molecule has 26 heavy (non-hydrogen) atoms. The van der Waals surface area contributed by atoms with Crippen molar-refractivity contribution in [1.29, 1.82) is 0 Å². The summed E-state index contributed by atoms with van der Waals surface area (Å²) in [5.74, 6) is 0. The highest BCUT2D eigenvalue weighted by Crippen LogP contribution is 2.30. The van der Waals surface area contributed by atoms with Crippen LogP contribution in [0.25, 0.3) is 11.3 Å². The predicted molar refractivity (Wildman–Crippen MR) is 99.7 cm³/mol. The van der Waals surface area contributed by atoms with Gasteiger partial charge in [0.2, 0.25) is 5.13 Å². The van der Waals surface area contributed by atoms with E-state index in [1.165, 1.54) is 29.2 Å². The Hall–Kier alpha value is -2.67. The normalized spacial score (nSPS) is 11.9. The van der Waals surface area contributed by atoms with E-state index in [0.717, 1.165) is 29.0 Å². The lowest BCUT2D eigenvalue weighted by molar-refractivity contribution is -0.137. The SMILES string of the molecule is Cc1ccc(-c2csc(N/N=C\c3cccc(C(F)(F)F)c3)n2)c(C)c1. The van der Waals surface area contributed by atoms with Crippen molar-refractivity contribution < 1.29 is 13.2 Å². The number of anilines is 1. The molecular weight excluding hydrogens is 359 g/mol. The van der Waals surface area contributed by atoms with Gasteiger partial charge in [0.1, 0.15) is 0 Å². The smallest absolute Gasteiger partial charge is 0.253 e. The van der Waals surface area contributed by atoms with E-state index in [1.807, 2.05) is 31.4 Å². The monoisotopic (exact) mass is 375 g/mol. The fourth-order valence-corrected chi connectivity index (χ4v) is 3.17. The van der Waals surface area contributed by atoms with Gasteiger partial charge in [0.05, 0.1) is 17.5 Å². The predicted octanol–water partition coefficient (Wildman–Crippen LogP) is 5.89. The van der Waals surface area contributed by atoms with Gasteiger partial charge in [-0.2, -0.15) is 18.3 Å². The van der Waals surface area contributed by atoms with Crippen LogP contribution in [-0.4, -0.2) is 11.2 Å². The van der Waals surface area contributed by atoms with Crippen LogP contribution in [0.2, 0.25) is 0 Å². The number of thiazole rings is 1. The summed E-state index contributed by atoms with van der Waals surface area (Å²) in [7, 11) is 0. The highest BCUT2D eigenvalue weighted by molar-refractivity contribution is 7.14. The molecule has 0 aliphatic heterocycles. The van der Waals surface area contributed by atoms with Crippen molar-refractivity contribution in [3.05, 3.63) is 70.1 Å². The topological polar surface area (TPSA) is 37.3 Å². The largest absolute Gasteiger partial charge is 0.416 e. The molecule has 1 heterocycles. The van der Waals surface area contributed by atoms with Crippen molar-refractivity contribution in [2.24, 2.45) is 5.10 Å². The summed E-state index contributed by atoms with van der Waals surface area (Å²) in [5.41, 5.74) is 6.63. The lowest BCUT2D eigenvalue weighted by Crippen LogP contribution is -2.05. The van der Waals surface area contributed by atoms with E-state index in [4.69, 9.17) is 0 Å². The minimum atomic E-state index is -4.37. The molecule has 3 nitrogen and oxygen atoms in total. The van der Waals surface area contributed by atoms with Crippen LogP contribution in [0.1, 0.15) is 22.3 Å². The Morgan fingerprint density at radius 1 is 1.12 bits per heavy atom. The minimum Gasteiger partial charge on any atom is -0.253 e. The highest BCUT2D eigenvalue weighted by Gasteiger charge is 2.30. The van der Waals surface area contributed by atoms with Crippen LogP contribution in [0.5, 0.6) is 0 Å². The van der Waals surface area contributed by atoms with Crippen LogP contribution in [0, 0.1) is 13.8 Å². The van der Waals surface area contributed by atoms with E-state index in [9.17, 15) is 13.2 Å². The van der Waals surface area contributed by atoms with Gasteiger partial charge in [-0.3, -0.25) is 5.43 Å². The zero-order valence-electron chi connectivity index (χ0n) is 14.1. The summed E-state index contributed by atoms with van der Waals surface area (Å²) in [5, 5.41) is 6.47. The first-order valence-corrected chi connectivity index (χ1v) is 8.70. The molecule has 0 bridgehead atoms. The van der Waals surface area contributed by atoms with Crippen LogP contribution in [0.3, 0.4) is 0 Å². The van der Waals surface area contributed by atoms with Crippen LogP contribution >= 0.6 is 11.3 Å². The van der Waals surface area contributed by atoms with Crippen LogP contribution in [0.4, 0.5) is 18.3 Å². The second-order valence-corrected chi connectivity index (χ2v) is 6.71. The van der Waals surface area contributed by atoms with Crippen LogP contribution in [-0.2, 0) is 6.18 Å². The second-order valence-electron chi connectivity index (χ2n) is 5.85. The lowest BCUT2D eigenvalue weighted by Gasteiger charge is -2.06. The molecule has 0 aliphatic carbocycles. The number of nitrogens with one attached hydrogen (secondary N) is 1. The Labute approximate surface area is 153 Å². The second kappa shape index (κ2) is 7.29. The molecule has 0 fully saturated rings. The quantitative estimate of drug-likeness (QED) is 0.456. The molecule has 0 unspecified atom stereocenters. The minimum absolute atomic E-state index is 0.360. The number of alkyl halides is 3. The number of rotatable bonds is 4. The molecule has 134 valence electrons. The van der Waals surface area contributed by atoms with Gasteiger partial charge in [0, 0.05) is 10.9 Å². The van der Waals surface area contributed by atoms with E-state index in [-0.39, 0.29) is 0 Å². The first-order chi connectivity index (χ1) is 12.3. The fourth-order valence-electron chi connectivity index (χ4n) is 2.51. The van der Waals surface area contributed by atoms with E-state index >= 15 is 0 Å². The number of benzene rings is 2. The third-order valence-electron chi connectivity index (χ3n) is 3.75. The average Bonchev–Trinajstić information content (AvgIpc) is 3.03. The van der Waals surface area contributed by atoms with Crippen molar-refractivity contribution in [3.63, 3.8) is 0 Å². The van der Waals surface area contributed by atoms with Crippen LogP contribution in [0.15, 0.2) is 52.9 Å². The van der Waals surface area contributed by atoms with Gasteiger partial charge < -0.3 is 0 Å². The molecule has 2 aromatic carbocycles. The Morgan fingerprint density at radius 3 is 2.65 bits per heavy atom. The first kappa shape index (κ1) is 18.1. The fraction of sp³-hybridized carbons (Fsp3) is 0.158. The van der Waals surface area contributed by atoms with Gasteiger partial charge in [-0.1, -0.05) is 35.9 Å². The van der Waals surface area contributed by atoms with Crippen molar-refractivity contribution in [1.82, 2.24) is 4.98 Å². The number of halogens is 3. The van der Waals surface area contributed by atoms with Crippen molar-refractivity contribution in [2.75, 3.05) is 5.43 Å². The van der Waals surface area contributed by atoms with Gasteiger partial charge in [-0.05, 0) is 37.1 Å². The molecule has 3 rings (SSSR count). The van der Waals surface area contributed by atoms with Gasteiger partial charge in [-0.15, -0.1) is 11.3 Å². The third kappa shape index (κ3) is 4.29. The van der Waals surface area contributed by atoms with E-state index < -0.39 is 11.7 Å². The zero-order valence-corrected chi connectivity index (χ0v) is 14.9. The van der Waals surface area contributed by atoms with E-state index in [0.29, 0.717) is 10.7 Å². The van der Waals surface area contributed by atoms with Gasteiger partial charge in [0.25, 0.3) is 0 Å². The van der Waals surface area contributed by atoms with Crippen LogP contribution < -0.4 is 5.43 Å². The summed E-state index contributed by atoms with van der Waals surface area (Å²) in [6.07, 6.45) is -3.03. The van der Waals surface area contributed by atoms with Gasteiger partial charge in [0.15, 0.2) is 0 Å². The number of hydrogen-bond acceptors (Lipinski definition) is 4. The van der Waals surface area contributed by atoms with E-state index in [2.05, 4.69) is 21.6 Å². The number of hydrazone groups is 1. The molecule has 0 radical (unpaired) electrons. The molecule has 0 saturated heterocycles. The Bertz CT molecular complexity index is 945. The maximum Gasteiger partial charge on any atom is 0.416 e. The molecule has 7 heteroatoms. The molecule has 0 atom stereocenters. The third-order valence-corrected chi connectivity index (χ3v) is 4.50. The standard InChI is InChI=1S/C19H16F3N3S/c1-12-6-7-16(13(2)8-12)17-11-26-18(24-17)25-23-10-14-4-3-5-15(9-14)19(20,21)22/h3-11H,1-2H3,(H,24,25)/b23-10-. The number of nitrogens with zero attached hydrogens (tertiary/aromatic N) is 2. The molecule has 0 aliphatic rings. The molecule has 3 aromatic rings. The summed E-state index contributed by atoms with van der Waals surface area (Å²) in [6.45, 7) is 4.06. The maximum absolute atomic E-state index is 12.7. The number of hydrogen-bond donors (Lipinski definition) is 1. The molecule has 0 amide bonds. The summed E-state index contributed by atoms with van der Waals surface area (Å²) in [6, 6.07) is 11.1. The lowest BCUT2D eigenvalue weighted by atomic mass is 10.0. The summed E-state index contributed by atoms with van der Waals surface area (Å²) in [4.78, 5) is 4.47. The number of aryl methyl sites for hydroxylation is 2. The first-order valence-electron chi connectivity index (χ1n) is 7.82. The molecule has 0 saturated carbocycles. The number of aromatic nitrogens is 1. The van der Waals surface area contributed by atoms with Crippen molar-refractivity contribution >= 4 is 22.7 Å². The molecule has 0 spiro atoms. The molecular formula is C19H16F3N3S.